The molecule has 1 aliphatic rings. The van der Waals surface area contributed by atoms with Crippen molar-refractivity contribution in [3.63, 3.8) is 0 Å². The second kappa shape index (κ2) is 5.17. The molecule has 0 radical (unpaired) electrons. The van der Waals surface area contributed by atoms with Crippen LogP contribution in [0.1, 0.15) is 17.7 Å². The summed E-state index contributed by atoms with van der Waals surface area (Å²) in [6, 6.07) is 1.69. The second-order valence-corrected chi connectivity index (χ2v) is 5.32. The minimum atomic E-state index is -0.178. The fourth-order valence-corrected chi connectivity index (χ4v) is 2.71. The van der Waals surface area contributed by atoms with Crippen LogP contribution in [0, 0.1) is 5.92 Å². The van der Waals surface area contributed by atoms with Gasteiger partial charge >= 0.3 is 5.97 Å². The van der Waals surface area contributed by atoms with Gasteiger partial charge in [0.15, 0.2) is 0 Å². The topological polar surface area (TPSA) is 38.3 Å². The van der Waals surface area contributed by atoms with Gasteiger partial charge in [0.1, 0.15) is 6.04 Å². The van der Waals surface area contributed by atoms with E-state index in [4.69, 9.17) is 16.3 Å². The number of carbonyl (C=O) groups excluding carboxylic acids is 1. The molecule has 88 valence electrons. The Morgan fingerprint density at radius 1 is 1.75 bits per heavy atom. The zero-order valence-corrected chi connectivity index (χ0v) is 10.6. The molecule has 5 heteroatoms. The fourth-order valence-electron chi connectivity index (χ4n) is 1.65. The van der Waals surface area contributed by atoms with Gasteiger partial charge in [0.2, 0.25) is 0 Å². The molecule has 16 heavy (non-hydrogen) atoms. The maximum absolute atomic E-state index is 11.5. The highest BCUT2D eigenvalue weighted by molar-refractivity contribution is 7.10. The smallest absolute Gasteiger partial charge is 0.323 e. The van der Waals surface area contributed by atoms with Crippen LogP contribution in [0.5, 0.6) is 0 Å². The summed E-state index contributed by atoms with van der Waals surface area (Å²) in [6.45, 7) is 0.632. The Morgan fingerprint density at radius 3 is 3.00 bits per heavy atom. The average Bonchev–Trinajstić information content (AvgIpc) is 3.03. The lowest BCUT2D eigenvalue weighted by Gasteiger charge is -2.15. The zero-order chi connectivity index (χ0) is 11.5. The number of thiophene rings is 1. The molecular weight excluding hydrogens is 246 g/mol. The number of rotatable bonds is 5. The Balaban J connectivity index is 1.91. The van der Waals surface area contributed by atoms with Gasteiger partial charge in [-0.2, -0.15) is 0 Å². The van der Waals surface area contributed by atoms with E-state index in [1.54, 1.807) is 11.3 Å². The van der Waals surface area contributed by atoms with Gasteiger partial charge < -0.3 is 4.74 Å². The standard InChI is InChI=1S/C11H14ClNO2S/c1-15-11(14)10(7-2-3-7)13-6-9-8(12)4-5-16-9/h4-5,7,10,13H,2-3,6H2,1H3. The normalized spacial score (nSPS) is 17.1. The summed E-state index contributed by atoms with van der Waals surface area (Å²) in [7, 11) is 1.43. The van der Waals surface area contributed by atoms with Gasteiger partial charge in [0, 0.05) is 11.4 Å². The number of esters is 1. The van der Waals surface area contributed by atoms with Crippen molar-refractivity contribution in [2.24, 2.45) is 5.92 Å². The highest BCUT2D eigenvalue weighted by Gasteiger charge is 2.36. The maximum Gasteiger partial charge on any atom is 0.323 e. The second-order valence-electron chi connectivity index (χ2n) is 3.91. The predicted molar refractivity (Wildman–Crippen MR) is 64.7 cm³/mol. The van der Waals surface area contributed by atoms with Gasteiger partial charge in [0.05, 0.1) is 12.1 Å². The Morgan fingerprint density at radius 2 is 2.50 bits per heavy atom. The Labute approximate surface area is 104 Å². The van der Waals surface area contributed by atoms with E-state index in [0.29, 0.717) is 12.5 Å². The van der Waals surface area contributed by atoms with E-state index in [-0.39, 0.29) is 12.0 Å². The lowest BCUT2D eigenvalue weighted by Crippen LogP contribution is -2.38. The average molecular weight is 260 g/mol. The predicted octanol–water partition coefficient (Wildman–Crippen LogP) is 2.44. The number of ether oxygens (including phenoxy) is 1. The Bertz CT molecular complexity index is 376. The van der Waals surface area contributed by atoms with E-state index in [1.165, 1.54) is 7.11 Å². The molecule has 1 aliphatic carbocycles. The number of hydrogen-bond donors (Lipinski definition) is 1. The van der Waals surface area contributed by atoms with Gasteiger partial charge in [-0.3, -0.25) is 10.1 Å². The molecule has 1 unspecified atom stereocenters. The molecule has 2 rings (SSSR count). The van der Waals surface area contributed by atoms with Crippen LogP contribution in [0.3, 0.4) is 0 Å². The van der Waals surface area contributed by atoms with Gasteiger partial charge in [-0.15, -0.1) is 11.3 Å². The van der Waals surface area contributed by atoms with E-state index in [9.17, 15) is 4.79 Å². The van der Waals surface area contributed by atoms with Crippen LogP contribution in [0.25, 0.3) is 0 Å². The van der Waals surface area contributed by atoms with Crippen LogP contribution in [0.4, 0.5) is 0 Å². The van der Waals surface area contributed by atoms with Crippen molar-refractivity contribution < 1.29 is 9.53 Å². The van der Waals surface area contributed by atoms with Gasteiger partial charge in [0.25, 0.3) is 0 Å². The number of methoxy groups -OCH3 is 1. The number of nitrogens with one attached hydrogen (secondary N) is 1. The molecule has 1 heterocycles. The Kier molecular flexibility index (Phi) is 3.84. The third-order valence-corrected chi connectivity index (χ3v) is 4.11. The molecule has 1 aromatic rings. The van der Waals surface area contributed by atoms with Crippen molar-refractivity contribution in [3.05, 3.63) is 21.3 Å². The van der Waals surface area contributed by atoms with Crippen LogP contribution < -0.4 is 5.32 Å². The molecule has 0 aliphatic heterocycles. The molecule has 0 aromatic carbocycles. The SMILES string of the molecule is COC(=O)C(NCc1sccc1Cl)C1CC1. The van der Waals surface area contributed by atoms with Crippen molar-refractivity contribution in [1.29, 1.82) is 0 Å². The van der Waals surface area contributed by atoms with E-state index in [0.717, 1.165) is 22.7 Å². The largest absolute Gasteiger partial charge is 0.468 e. The van der Waals surface area contributed by atoms with Crippen molar-refractivity contribution in [3.8, 4) is 0 Å². The lowest BCUT2D eigenvalue weighted by atomic mass is 10.2. The Hall–Kier alpha value is -0.580. The van der Waals surface area contributed by atoms with Crippen LogP contribution in [-0.2, 0) is 16.1 Å². The first-order chi connectivity index (χ1) is 7.72. The first-order valence-electron chi connectivity index (χ1n) is 5.25. The molecule has 3 nitrogen and oxygen atoms in total. The van der Waals surface area contributed by atoms with E-state index < -0.39 is 0 Å². The summed E-state index contributed by atoms with van der Waals surface area (Å²) >= 11 is 7.58. The summed E-state index contributed by atoms with van der Waals surface area (Å²) in [6.07, 6.45) is 2.20. The van der Waals surface area contributed by atoms with Crippen LogP contribution >= 0.6 is 22.9 Å². The molecule has 1 aromatic heterocycles. The number of hydrogen-bond acceptors (Lipinski definition) is 4. The summed E-state index contributed by atoms with van der Waals surface area (Å²) in [4.78, 5) is 12.6. The molecule has 0 bridgehead atoms. The summed E-state index contributed by atoms with van der Waals surface area (Å²) in [5, 5.41) is 5.94. The molecule has 1 fully saturated rings. The molecular formula is C11H14ClNO2S. The van der Waals surface area contributed by atoms with Crippen LogP contribution in [-0.4, -0.2) is 19.1 Å². The van der Waals surface area contributed by atoms with E-state index >= 15 is 0 Å². The van der Waals surface area contributed by atoms with Crippen molar-refractivity contribution >= 4 is 28.9 Å². The monoisotopic (exact) mass is 259 g/mol. The summed E-state index contributed by atoms with van der Waals surface area (Å²) in [5.41, 5.74) is 0. The molecule has 0 amide bonds. The molecule has 0 spiro atoms. The molecule has 0 saturated heterocycles. The first kappa shape index (κ1) is 11.9. The highest BCUT2D eigenvalue weighted by Crippen LogP contribution is 2.33. The minimum Gasteiger partial charge on any atom is -0.468 e. The summed E-state index contributed by atoms with van der Waals surface area (Å²) < 4.78 is 4.78. The first-order valence-corrected chi connectivity index (χ1v) is 6.51. The van der Waals surface area contributed by atoms with E-state index in [2.05, 4.69) is 5.32 Å². The summed E-state index contributed by atoms with van der Waals surface area (Å²) in [5.74, 6) is 0.265. The van der Waals surface area contributed by atoms with Crippen molar-refractivity contribution in [1.82, 2.24) is 5.32 Å². The third-order valence-electron chi connectivity index (χ3n) is 2.72. The molecule has 1 atom stereocenters. The van der Waals surface area contributed by atoms with Gasteiger partial charge in [-0.05, 0) is 30.2 Å². The zero-order valence-electron chi connectivity index (χ0n) is 9.03. The van der Waals surface area contributed by atoms with Crippen LogP contribution in [0.2, 0.25) is 5.02 Å². The van der Waals surface area contributed by atoms with E-state index in [1.807, 2.05) is 11.4 Å². The lowest BCUT2D eigenvalue weighted by molar-refractivity contribution is -0.143. The van der Waals surface area contributed by atoms with Gasteiger partial charge in [-0.25, -0.2) is 0 Å². The number of halogens is 1. The third kappa shape index (κ3) is 2.75. The minimum absolute atomic E-state index is 0.171. The van der Waals surface area contributed by atoms with Gasteiger partial charge in [-0.1, -0.05) is 11.6 Å². The number of carbonyl (C=O) groups is 1. The quantitative estimate of drug-likeness (QED) is 0.826. The fraction of sp³-hybridized carbons (Fsp3) is 0.545. The maximum atomic E-state index is 11.5. The van der Waals surface area contributed by atoms with Crippen molar-refractivity contribution in [2.75, 3.05) is 7.11 Å². The molecule has 1 N–H and O–H groups in total. The van der Waals surface area contributed by atoms with Crippen LogP contribution in [0.15, 0.2) is 11.4 Å². The van der Waals surface area contributed by atoms with Crippen molar-refractivity contribution in [2.45, 2.75) is 25.4 Å². The molecule has 1 saturated carbocycles. The highest BCUT2D eigenvalue weighted by atomic mass is 35.5.